The van der Waals surface area contributed by atoms with Gasteiger partial charge in [0.05, 0.1) is 11.4 Å². The molecule has 0 aliphatic heterocycles. The van der Waals surface area contributed by atoms with Crippen LogP contribution in [0.15, 0.2) is 27.8 Å². The van der Waals surface area contributed by atoms with Crippen LogP contribution in [0.25, 0.3) is 0 Å². The molecule has 0 aliphatic rings. The smallest absolute Gasteiger partial charge is 0.256 e. The Bertz CT molecular complexity index is 597. The first-order valence-electron chi connectivity index (χ1n) is 6.14. The molecule has 2 aromatic rings. The molecular formula is C15H17NO2S. The predicted molar refractivity (Wildman–Crippen MR) is 76.9 cm³/mol. The van der Waals surface area contributed by atoms with Gasteiger partial charge in [0.1, 0.15) is 5.76 Å². The zero-order chi connectivity index (χ0) is 14.0. The Morgan fingerprint density at radius 1 is 1.26 bits per heavy atom. The van der Waals surface area contributed by atoms with Gasteiger partial charge < -0.3 is 4.42 Å². The number of hydrogen-bond donors (Lipinski definition) is 0. The SMILES string of the molecule is Cc1ccc(C)c(C(=O)CSc2nc(C)c(C)o2)c1. The van der Waals surface area contributed by atoms with E-state index in [1.54, 1.807) is 0 Å². The van der Waals surface area contributed by atoms with Crippen molar-refractivity contribution in [3.8, 4) is 0 Å². The fraction of sp³-hybridized carbons (Fsp3) is 0.333. The maximum Gasteiger partial charge on any atom is 0.256 e. The van der Waals surface area contributed by atoms with Crippen LogP contribution in [0.5, 0.6) is 0 Å². The van der Waals surface area contributed by atoms with Crippen molar-refractivity contribution in [2.24, 2.45) is 0 Å². The molecule has 3 nitrogen and oxygen atoms in total. The normalized spacial score (nSPS) is 10.7. The first-order chi connectivity index (χ1) is 8.97. The number of rotatable bonds is 4. The molecule has 0 atom stereocenters. The largest absolute Gasteiger partial charge is 0.437 e. The molecule has 0 amide bonds. The standard InChI is InChI=1S/C15H17NO2S/c1-9-5-6-10(2)13(7-9)14(17)8-19-15-16-11(3)12(4)18-15/h5-7H,8H2,1-4H3. The highest BCUT2D eigenvalue weighted by atomic mass is 32.2. The highest BCUT2D eigenvalue weighted by Gasteiger charge is 2.13. The number of aromatic nitrogens is 1. The van der Waals surface area contributed by atoms with Gasteiger partial charge in [-0.1, -0.05) is 29.5 Å². The molecule has 4 heteroatoms. The first kappa shape index (κ1) is 13.9. The van der Waals surface area contributed by atoms with Crippen LogP contribution in [0.3, 0.4) is 0 Å². The van der Waals surface area contributed by atoms with Gasteiger partial charge in [-0.15, -0.1) is 0 Å². The van der Waals surface area contributed by atoms with Gasteiger partial charge in [-0.2, -0.15) is 0 Å². The Labute approximate surface area is 117 Å². The number of ketones is 1. The highest BCUT2D eigenvalue weighted by Crippen LogP contribution is 2.22. The van der Waals surface area contributed by atoms with Crippen molar-refractivity contribution in [2.75, 3.05) is 5.75 Å². The summed E-state index contributed by atoms with van der Waals surface area (Å²) in [5.74, 6) is 1.27. The van der Waals surface area contributed by atoms with Crippen molar-refractivity contribution >= 4 is 17.5 Å². The Morgan fingerprint density at radius 3 is 2.63 bits per heavy atom. The maximum atomic E-state index is 12.2. The molecule has 0 spiro atoms. The van der Waals surface area contributed by atoms with E-state index in [2.05, 4.69) is 4.98 Å². The lowest BCUT2D eigenvalue weighted by Crippen LogP contribution is -2.05. The lowest BCUT2D eigenvalue weighted by molar-refractivity contribution is 0.102. The van der Waals surface area contributed by atoms with Crippen molar-refractivity contribution in [1.82, 2.24) is 4.98 Å². The summed E-state index contributed by atoms with van der Waals surface area (Å²) in [6.45, 7) is 7.72. The van der Waals surface area contributed by atoms with Gasteiger partial charge in [0.2, 0.25) is 0 Å². The summed E-state index contributed by atoms with van der Waals surface area (Å²) in [5, 5.41) is 0.564. The number of thioether (sulfide) groups is 1. The predicted octanol–water partition coefficient (Wildman–Crippen LogP) is 3.88. The van der Waals surface area contributed by atoms with E-state index in [1.165, 1.54) is 11.8 Å². The van der Waals surface area contributed by atoms with Crippen LogP contribution in [0.1, 0.15) is 32.9 Å². The second-order valence-corrected chi connectivity index (χ2v) is 5.58. The summed E-state index contributed by atoms with van der Waals surface area (Å²) in [6, 6.07) is 5.93. The average molecular weight is 275 g/mol. The number of carbonyl (C=O) groups is 1. The van der Waals surface area contributed by atoms with Crippen LogP contribution in [0.2, 0.25) is 0 Å². The van der Waals surface area contributed by atoms with Crippen LogP contribution in [0.4, 0.5) is 0 Å². The van der Waals surface area contributed by atoms with Crippen LogP contribution in [-0.2, 0) is 0 Å². The van der Waals surface area contributed by atoms with E-state index in [9.17, 15) is 4.79 Å². The molecule has 0 saturated heterocycles. The molecule has 1 aromatic heterocycles. The van der Waals surface area contributed by atoms with Crippen LogP contribution >= 0.6 is 11.8 Å². The molecule has 100 valence electrons. The molecular weight excluding hydrogens is 258 g/mol. The van der Waals surface area contributed by atoms with E-state index in [-0.39, 0.29) is 5.78 Å². The Kier molecular flexibility index (Phi) is 4.10. The molecule has 0 N–H and O–H groups in total. The molecule has 0 unspecified atom stereocenters. The van der Waals surface area contributed by atoms with Crippen molar-refractivity contribution < 1.29 is 9.21 Å². The molecule has 0 saturated carbocycles. The summed E-state index contributed by atoms with van der Waals surface area (Å²) in [7, 11) is 0. The van der Waals surface area contributed by atoms with E-state index in [1.807, 2.05) is 45.9 Å². The monoisotopic (exact) mass is 275 g/mol. The zero-order valence-corrected chi connectivity index (χ0v) is 12.4. The molecule has 0 fully saturated rings. The average Bonchev–Trinajstić information content (AvgIpc) is 2.69. The quantitative estimate of drug-likeness (QED) is 0.627. The third-order valence-electron chi connectivity index (χ3n) is 3.03. The number of aryl methyl sites for hydroxylation is 4. The fourth-order valence-corrected chi connectivity index (χ4v) is 2.54. The zero-order valence-electron chi connectivity index (χ0n) is 11.6. The number of hydrogen-bond acceptors (Lipinski definition) is 4. The van der Waals surface area contributed by atoms with E-state index >= 15 is 0 Å². The van der Waals surface area contributed by atoms with E-state index in [4.69, 9.17) is 4.42 Å². The summed E-state index contributed by atoms with van der Waals surface area (Å²) in [6.07, 6.45) is 0. The van der Waals surface area contributed by atoms with Gasteiger partial charge in [0.15, 0.2) is 5.78 Å². The number of Topliss-reactive ketones (excluding diaryl/α,β-unsaturated/α-hetero) is 1. The fourth-order valence-electron chi connectivity index (χ4n) is 1.75. The third kappa shape index (κ3) is 3.26. The molecule has 2 rings (SSSR count). The Morgan fingerprint density at radius 2 is 2.00 bits per heavy atom. The minimum atomic E-state index is 0.111. The van der Waals surface area contributed by atoms with E-state index < -0.39 is 0 Å². The molecule has 0 radical (unpaired) electrons. The van der Waals surface area contributed by atoms with Crippen molar-refractivity contribution in [1.29, 1.82) is 0 Å². The maximum absolute atomic E-state index is 12.2. The minimum Gasteiger partial charge on any atom is -0.437 e. The summed E-state index contributed by atoms with van der Waals surface area (Å²) >= 11 is 1.35. The second kappa shape index (κ2) is 5.61. The van der Waals surface area contributed by atoms with Crippen molar-refractivity contribution in [3.05, 3.63) is 46.3 Å². The van der Waals surface area contributed by atoms with Gasteiger partial charge >= 0.3 is 0 Å². The number of nitrogens with zero attached hydrogens (tertiary/aromatic N) is 1. The molecule has 19 heavy (non-hydrogen) atoms. The summed E-state index contributed by atoms with van der Waals surface area (Å²) in [4.78, 5) is 16.5. The van der Waals surface area contributed by atoms with Crippen molar-refractivity contribution in [3.63, 3.8) is 0 Å². The van der Waals surface area contributed by atoms with Gasteiger partial charge in [0.25, 0.3) is 5.22 Å². The molecule has 1 aromatic carbocycles. The van der Waals surface area contributed by atoms with E-state index in [0.29, 0.717) is 11.0 Å². The third-order valence-corrected chi connectivity index (χ3v) is 3.86. The van der Waals surface area contributed by atoms with Crippen LogP contribution in [0, 0.1) is 27.7 Å². The molecule has 0 bridgehead atoms. The van der Waals surface area contributed by atoms with Crippen LogP contribution in [-0.4, -0.2) is 16.5 Å². The number of oxazole rings is 1. The summed E-state index contributed by atoms with van der Waals surface area (Å²) < 4.78 is 5.45. The highest BCUT2D eigenvalue weighted by molar-refractivity contribution is 7.99. The Balaban J connectivity index is 2.07. The lowest BCUT2D eigenvalue weighted by Gasteiger charge is -2.05. The summed E-state index contributed by atoms with van der Waals surface area (Å²) in [5.41, 5.74) is 3.77. The number of carbonyl (C=O) groups excluding carboxylic acids is 1. The van der Waals surface area contributed by atoms with Crippen molar-refractivity contribution in [2.45, 2.75) is 32.9 Å². The minimum absolute atomic E-state index is 0.111. The number of benzene rings is 1. The molecule has 1 heterocycles. The Hall–Kier alpha value is -1.55. The lowest BCUT2D eigenvalue weighted by atomic mass is 10.0. The van der Waals surface area contributed by atoms with Gasteiger partial charge in [-0.3, -0.25) is 4.79 Å². The second-order valence-electron chi connectivity index (χ2n) is 4.65. The van der Waals surface area contributed by atoms with Gasteiger partial charge in [0, 0.05) is 5.56 Å². The van der Waals surface area contributed by atoms with Crippen LogP contribution < -0.4 is 0 Å². The van der Waals surface area contributed by atoms with Gasteiger partial charge in [-0.25, -0.2) is 4.98 Å². The first-order valence-corrected chi connectivity index (χ1v) is 7.13. The molecule has 0 aliphatic carbocycles. The van der Waals surface area contributed by atoms with Gasteiger partial charge in [-0.05, 0) is 39.3 Å². The van der Waals surface area contributed by atoms with E-state index in [0.717, 1.165) is 28.1 Å². The topological polar surface area (TPSA) is 43.1 Å².